The summed E-state index contributed by atoms with van der Waals surface area (Å²) in [7, 11) is -0.779. The number of rotatable bonds is 0. The van der Waals surface area contributed by atoms with Crippen LogP contribution in [0.3, 0.4) is 0 Å². The second-order valence-corrected chi connectivity index (χ2v) is 7.30. The SMILES string of the molecule is CS1(C)CNc2ccc(F)cc21. The fraction of sp³-hybridized carbons (Fsp3) is 0.333. The highest BCUT2D eigenvalue weighted by molar-refractivity contribution is 8.33. The maximum Gasteiger partial charge on any atom is 0.124 e. The van der Waals surface area contributed by atoms with Gasteiger partial charge in [0.15, 0.2) is 0 Å². The molecule has 3 heteroatoms. The Hall–Kier alpha value is -0.700. The molecule has 1 aromatic carbocycles. The number of nitrogens with one attached hydrogen (secondary N) is 1. The van der Waals surface area contributed by atoms with E-state index in [1.54, 1.807) is 6.07 Å². The van der Waals surface area contributed by atoms with E-state index in [1.807, 2.05) is 6.07 Å². The molecule has 1 heterocycles. The molecule has 0 aromatic heterocycles. The van der Waals surface area contributed by atoms with Crippen molar-refractivity contribution in [2.75, 3.05) is 23.7 Å². The lowest BCUT2D eigenvalue weighted by Crippen LogP contribution is -1.98. The van der Waals surface area contributed by atoms with Crippen molar-refractivity contribution in [3.63, 3.8) is 0 Å². The van der Waals surface area contributed by atoms with Crippen molar-refractivity contribution in [3.05, 3.63) is 24.0 Å². The van der Waals surface area contributed by atoms with Crippen molar-refractivity contribution in [1.29, 1.82) is 0 Å². The topological polar surface area (TPSA) is 12.0 Å². The Labute approximate surface area is 73.3 Å². The van der Waals surface area contributed by atoms with Gasteiger partial charge in [0.25, 0.3) is 0 Å². The van der Waals surface area contributed by atoms with Crippen molar-refractivity contribution in [2.24, 2.45) is 0 Å². The van der Waals surface area contributed by atoms with Crippen LogP contribution in [0, 0.1) is 5.82 Å². The standard InChI is InChI=1S/C9H12FNS/c1-12(2)6-11-8-4-3-7(10)5-9(8)12/h3-5,11H,6H2,1-2H3. The van der Waals surface area contributed by atoms with Crippen molar-refractivity contribution >= 4 is 15.7 Å². The molecule has 0 fully saturated rings. The van der Waals surface area contributed by atoms with Gasteiger partial charge >= 0.3 is 0 Å². The van der Waals surface area contributed by atoms with Crippen LogP contribution in [0.5, 0.6) is 0 Å². The third kappa shape index (κ3) is 1.08. The molecule has 0 spiro atoms. The molecule has 0 radical (unpaired) electrons. The maximum absolute atomic E-state index is 12.9. The minimum Gasteiger partial charge on any atom is -0.376 e. The van der Waals surface area contributed by atoms with E-state index in [0.29, 0.717) is 0 Å². The Kier molecular flexibility index (Phi) is 1.58. The van der Waals surface area contributed by atoms with Crippen LogP contribution in [0.15, 0.2) is 23.1 Å². The predicted molar refractivity (Wildman–Crippen MR) is 52.6 cm³/mol. The summed E-state index contributed by atoms with van der Waals surface area (Å²) in [6.45, 7) is 0. The molecular weight excluding hydrogens is 173 g/mol. The Balaban J connectivity index is 2.57. The van der Waals surface area contributed by atoms with Crippen molar-refractivity contribution < 1.29 is 4.39 Å². The van der Waals surface area contributed by atoms with Crippen molar-refractivity contribution in [3.8, 4) is 0 Å². The minimum absolute atomic E-state index is 0.127. The normalized spacial score (nSPS) is 21.2. The van der Waals surface area contributed by atoms with Gasteiger partial charge in [0.2, 0.25) is 0 Å². The van der Waals surface area contributed by atoms with Crippen LogP contribution in [0.4, 0.5) is 10.1 Å². The predicted octanol–water partition coefficient (Wildman–Crippen LogP) is 2.63. The fourth-order valence-corrected chi connectivity index (χ4v) is 3.27. The maximum atomic E-state index is 12.9. The molecule has 12 heavy (non-hydrogen) atoms. The van der Waals surface area contributed by atoms with E-state index >= 15 is 0 Å². The van der Waals surface area contributed by atoms with Gasteiger partial charge in [-0.05, 0) is 30.7 Å². The van der Waals surface area contributed by atoms with Gasteiger partial charge in [0.05, 0.1) is 0 Å². The quantitative estimate of drug-likeness (QED) is 0.655. The molecular formula is C9H12FNS. The molecule has 0 aliphatic carbocycles. The van der Waals surface area contributed by atoms with Crippen LogP contribution >= 0.6 is 10.0 Å². The van der Waals surface area contributed by atoms with E-state index in [0.717, 1.165) is 11.6 Å². The molecule has 0 amide bonds. The third-order valence-electron chi connectivity index (χ3n) is 2.16. The highest BCUT2D eigenvalue weighted by atomic mass is 32.3. The Morgan fingerprint density at radius 3 is 2.92 bits per heavy atom. The van der Waals surface area contributed by atoms with Gasteiger partial charge in [0, 0.05) is 16.5 Å². The molecule has 0 bridgehead atoms. The summed E-state index contributed by atoms with van der Waals surface area (Å²) < 4.78 is 12.9. The lowest BCUT2D eigenvalue weighted by Gasteiger charge is -2.23. The minimum atomic E-state index is -0.779. The first kappa shape index (κ1) is 7.92. The molecule has 1 nitrogen and oxygen atoms in total. The van der Waals surface area contributed by atoms with E-state index < -0.39 is 10.0 Å². The van der Waals surface area contributed by atoms with Crippen molar-refractivity contribution in [2.45, 2.75) is 4.90 Å². The van der Waals surface area contributed by atoms with Gasteiger partial charge in [-0.1, -0.05) is 0 Å². The van der Waals surface area contributed by atoms with Gasteiger partial charge in [-0.3, -0.25) is 0 Å². The number of hydrogen-bond donors (Lipinski definition) is 1. The average molecular weight is 185 g/mol. The molecule has 0 atom stereocenters. The molecule has 1 aromatic rings. The molecule has 66 valence electrons. The molecule has 0 saturated carbocycles. The van der Waals surface area contributed by atoms with E-state index in [2.05, 4.69) is 17.8 Å². The third-order valence-corrected chi connectivity index (χ3v) is 4.56. The Bertz CT molecular complexity index is 322. The van der Waals surface area contributed by atoms with Crippen LogP contribution in [0.2, 0.25) is 0 Å². The van der Waals surface area contributed by atoms with Gasteiger partial charge in [-0.2, -0.15) is 0 Å². The zero-order chi connectivity index (χ0) is 8.77. The highest BCUT2D eigenvalue weighted by Gasteiger charge is 2.24. The largest absolute Gasteiger partial charge is 0.376 e. The Morgan fingerprint density at radius 2 is 2.17 bits per heavy atom. The summed E-state index contributed by atoms with van der Waals surface area (Å²) >= 11 is 0. The van der Waals surface area contributed by atoms with Crippen LogP contribution in [0.25, 0.3) is 0 Å². The van der Waals surface area contributed by atoms with Crippen LogP contribution < -0.4 is 5.32 Å². The zero-order valence-electron chi connectivity index (χ0n) is 7.23. The van der Waals surface area contributed by atoms with Gasteiger partial charge in [0.1, 0.15) is 5.82 Å². The monoisotopic (exact) mass is 185 g/mol. The molecule has 1 aliphatic rings. The van der Waals surface area contributed by atoms with Crippen LogP contribution in [-0.2, 0) is 0 Å². The summed E-state index contributed by atoms with van der Waals surface area (Å²) in [5.74, 6) is 0.851. The highest BCUT2D eigenvalue weighted by Crippen LogP contribution is 2.56. The van der Waals surface area contributed by atoms with Gasteiger partial charge < -0.3 is 5.32 Å². The number of hydrogen-bond acceptors (Lipinski definition) is 1. The Morgan fingerprint density at radius 1 is 1.42 bits per heavy atom. The zero-order valence-corrected chi connectivity index (χ0v) is 8.04. The molecule has 2 rings (SSSR count). The first-order valence-corrected chi connectivity index (χ1v) is 6.46. The van der Waals surface area contributed by atoms with E-state index in [1.165, 1.54) is 11.0 Å². The lowest BCUT2D eigenvalue weighted by molar-refractivity contribution is 0.624. The molecule has 1 aliphatic heterocycles. The van der Waals surface area contributed by atoms with E-state index in [9.17, 15) is 4.39 Å². The molecule has 1 N–H and O–H groups in total. The van der Waals surface area contributed by atoms with Crippen molar-refractivity contribution in [1.82, 2.24) is 0 Å². The van der Waals surface area contributed by atoms with Gasteiger partial charge in [-0.15, -0.1) is 0 Å². The summed E-state index contributed by atoms with van der Waals surface area (Å²) in [6.07, 6.45) is 4.40. The fourth-order valence-electron chi connectivity index (χ4n) is 1.44. The smallest absolute Gasteiger partial charge is 0.124 e. The molecule has 0 saturated heterocycles. The first-order valence-electron chi connectivity index (χ1n) is 3.84. The van der Waals surface area contributed by atoms with Gasteiger partial charge in [-0.25, -0.2) is 14.4 Å². The molecule has 0 unspecified atom stereocenters. The summed E-state index contributed by atoms with van der Waals surface area (Å²) in [4.78, 5) is 1.17. The number of benzene rings is 1. The average Bonchev–Trinajstić information content (AvgIpc) is 2.28. The number of fused-ring (bicyclic) bond motifs is 1. The van der Waals surface area contributed by atoms with E-state index in [4.69, 9.17) is 0 Å². The summed E-state index contributed by atoms with van der Waals surface area (Å²) in [6, 6.07) is 4.99. The van der Waals surface area contributed by atoms with Crippen LogP contribution in [0.1, 0.15) is 0 Å². The number of anilines is 1. The number of halogens is 1. The first-order chi connectivity index (χ1) is 5.59. The lowest BCUT2D eigenvalue weighted by atomic mass is 10.3. The summed E-state index contributed by atoms with van der Waals surface area (Å²) in [5.41, 5.74) is 1.11. The second-order valence-electron chi connectivity index (χ2n) is 3.50. The second kappa shape index (κ2) is 2.39. The summed E-state index contributed by atoms with van der Waals surface area (Å²) in [5, 5.41) is 3.29. The van der Waals surface area contributed by atoms with Crippen LogP contribution in [-0.4, -0.2) is 18.4 Å². The van der Waals surface area contributed by atoms with E-state index in [-0.39, 0.29) is 5.82 Å².